The molecule has 0 radical (unpaired) electrons. The fraction of sp³-hybridized carbons (Fsp3) is 0.360. The van der Waals surface area contributed by atoms with Crippen LogP contribution in [0, 0.1) is 0 Å². The van der Waals surface area contributed by atoms with Gasteiger partial charge in [-0.3, -0.25) is 19.2 Å². The van der Waals surface area contributed by atoms with Crippen molar-refractivity contribution in [2.75, 3.05) is 14.1 Å². The fourth-order valence-corrected chi connectivity index (χ4v) is 1.92. The summed E-state index contributed by atoms with van der Waals surface area (Å²) >= 11 is 0. The van der Waals surface area contributed by atoms with E-state index >= 15 is 0 Å². The van der Waals surface area contributed by atoms with Crippen LogP contribution in [0.5, 0.6) is 0 Å². The number of hydrogen-bond donors (Lipinski definition) is 4. The summed E-state index contributed by atoms with van der Waals surface area (Å²) < 4.78 is 0. The van der Waals surface area contributed by atoms with E-state index in [2.05, 4.69) is 10.6 Å². The lowest BCUT2D eigenvalue weighted by molar-refractivity contribution is -0.120. The third kappa shape index (κ3) is 19.1. The number of amides is 2. The monoisotopic (exact) mass is 464 g/mol. The lowest BCUT2D eigenvalue weighted by atomic mass is 10.1. The number of carbonyl (C=O) groups excluding carboxylic acids is 4. The zero-order valence-electron chi connectivity index (χ0n) is 20.2. The molecule has 8 nitrogen and oxygen atoms in total. The fourth-order valence-electron chi connectivity index (χ4n) is 1.92. The van der Waals surface area contributed by atoms with Crippen molar-refractivity contribution in [3.05, 3.63) is 71.8 Å². The van der Waals surface area contributed by atoms with Crippen molar-refractivity contribution in [2.45, 2.75) is 48.0 Å². The van der Waals surface area contributed by atoms with Crippen LogP contribution in [0.1, 0.15) is 68.7 Å². The summed E-state index contributed by atoms with van der Waals surface area (Å²) in [6.45, 7) is 8.00. The van der Waals surface area contributed by atoms with Gasteiger partial charge in [-0.2, -0.15) is 0 Å². The second-order valence-electron chi connectivity index (χ2n) is 5.28. The highest BCUT2D eigenvalue weighted by atomic mass is 16.2. The van der Waals surface area contributed by atoms with Gasteiger partial charge < -0.3 is 22.9 Å². The van der Waals surface area contributed by atoms with Gasteiger partial charge in [0.15, 0.2) is 11.6 Å². The van der Waals surface area contributed by atoms with E-state index in [0.29, 0.717) is 11.1 Å². The Morgan fingerprint density at radius 3 is 1.03 bits per heavy atom. The number of nitrogens with one attached hydrogen (secondary N) is 2. The normalized spacial score (nSPS) is 7.70. The van der Waals surface area contributed by atoms with Crippen molar-refractivity contribution in [3.63, 3.8) is 0 Å². The first-order chi connectivity index (χ1) is 14.5. The maximum atomic E-state index is 11.4. The van der Waals surface area contributed by atoms with Crippen molar-refractivity contribution in [1.29, 1.82) is 0 Å². The Morgan fingerprint density at radius 2 is 0.818 bits per heavy atom. The van der Waals surface area contributed by atoms with Crippen LogP contribution in [-0.4, -0.2) is 37.5 Å². The molecule has 8 N–H and O–H groups in total. The Hall–Kier alpha value is -3.36. The van der Waals surface area contributed by atoms with E-state index in [1.54, 1.807) is 48.5 Å². The lowest BCUT2D eigenvalue weighted by Gasteiger charge is -1.98. The minimum absolute atomic E-state index is 0. The molecule has 188 valence electrons. The molecule has 2 amide bonds. The van der Waals surface area contributed by atoms with E-state index in [1.807, 2.05) is 39.8 Å². The van der Waals surface area contributed by atoms with Gasteiger partial charge in [-0.15, -0.1) is 0 Å². The van der Waals surface area contributed by atoms with Crippen LogP contribution in [-0.2, 0) is 9.59 Å². The molecule has 0 spiro atoms. The average Bonchev–Trinajstić information content (AvgIpc) is 2.83. The number of rotatable bonds is 6. The summed E-state index contributed by atoms with van der Waals surface area (Å²) in [5, 5.41) is 4.81. The topological polar surface area (TPSA) is 162 Å². The predicted molar refractivity (Wildman–Crippen MR) is 138 cm³/mol. The Balaban J connectivity index is -0.000000127. The standard InChI is InChI=1S/2C10H11NO2.2C2H6.CH4.2H3N/c2*1-11-10(13)7-9(12)8-5-3-2-4-6-8;2*1-2;;;/h2*2-6H,7H2,1H3,(H,11,13);2*1-2H3;1H4;2*1H3. The van der Waals surface area contributed by atoms with E-state index in [0.717, 1.165) is 0 Å². The highest BCUT2D eigenvalue weighted by Gasteiger charge is 2.09. The molecule has 2 rings (SSSR count). The molecular formula is C25H44N4O4. The van der Waals surface area contributed by atoms with E-state index < -0.39 is 0 Å². The van der Waals surface area contributed by atoms with Crippen molar-refractivity contribution in [1.82, 2.24) is 22.9 Å². The van der Waals surface area contributed by atoms with Crippen LogP contribution >= 0.6 is 0 Å². The predicted octanol–water partition coefficient (Wildman–Crippen LogP) is 5.02. The molecule has 33 heavy (non-hydrogen) atoms. The third-order valence-electron chi connectivity index (χ3n) is 3.39. The average molecular weight is 465 g/mol. The van der Waals surface area contributed by atoms with Crippen LogP contribution in [0.15, 0.2) is 60.7 Å². The number of carbonyl (C=O) groups is 4. The molecule has 0 atom stereocenters. The number of benzene rings is 2. The molecule has 0 aliphatic carbocycles. The summed E-state index contributed by atoms with van der Waals surface area (Å²) in [6.07, 6.45) is -0.166. The minimum Gasteiger partial charge on any atom is -0.359 e. The highest BCUT2D eigenvalue weighted by molar-refractivity contribution is 6.07. The first-order valence-corrected chi connectivity index (χ1v) is 10.1. The van der Waals surface area contributed by atoms with Crippen LogP contribution in [0.4, 0.5) is 0 Å². The molecule has 2 aromatic rings. The zero-order valence-corrected chi connectivity index (χ0v) is 20.2. The van der Waals surface area contributed by atoms with Crippen molar-refractivity contribution in [3.8, 4) is 0 Å². The van der Waals surface area contributed by atoms with E-state index in [9.17, 15) is 19.2 Å². The van der Waals surface area contributed by atoms with Gasteiger partial charge in [0.1, 0.15) is 0 Å². The van der Waals surface area contributed by atoms with Gasteiger partial charge in [0, 0.05) is 25.2 Å². The summed E-state index contributed by atoms with van der Waals surface area (Å²) in [5.41, 5.74) is 1.15. The third-order valence-corrected chi connectivity index (χ3v) is 3.39. The molecule has 0 bridgehead atoms. The quantitative estimate of drug-likeness (QED) is 0.346. The van der Waals surface area contributed by atoms with Crippen LogP contribution < -0.4 is 22.9 Å². The molecule has 0 heterocycles. The van der Waals surface area contributed by atoms with Gasteiger partial charge in [0.05, 0.1) is 12.8 Å². The molecule has 0 unspecified atom stereocenters. The van der Waals surface area contributed by atoms with Crippen LogP contribution in [0.25, 0.3) is 0 Å². The number of ketones is 2. The maximum Gasteiger partial charge on any atom is 0.227 e. The summed E-state index contributed by atoms with van der Waals surface area (Å²) in [4.78, 5) is 44.4. The van der Waals surface area contributed by atoms with Crippen molar-refractivity contribution in [2.24, 2.45) is 0 Å². The second kappa shape index (κ2) is 26.7. The molecule has 0 saturated heterocycles. The molecule has 2 aromatic carbocycles. The van der Waals surface area contributed by atoms with Crippen molar-refractivity contribution >= 4 is 23.4 Å². The summed E-state index contributed by atoms with van der Waals surface area (Å²) in [5.74, 6) is -0.817. The SMILES string of the molecule is C.CC.CC.CNC(=O)CC(=O)c1ccccc1.CNC(=O)CC(=O)c1ccccc1.N.N. The Morgan fingerprint density at radius 1 is 0.576 bits per heavy atom. The van der Waals surface area contributed by atoms with Gasteiger partial charge in [-0.1, -0.05) is 95.8 Å². The first kappa shape index (κ1) is 40.0. The number of Topliss-reactive ketones (excluding diaryl/α,β-unsaturated/α-hetero) is 2. The maximum absolute atomic E-state index is 11.4. The summed E-state index contributed by atoms with van der Waals surface area (Å²) in [7, 11) is 3.03. The minimum atomic E-state index is -0.256. The Labute approximate surface area is 199 Å². The molecule has 0 saturated carbocycles. The second-order valence-corrected chi connectivity index (χ2v) is 5.28. The molecular weight excluding hydrogens is 420 g/mol. The van der Waals surface area contributed by atoms with Gasteiger partial charge in [-0.25, -0.2) is 0 Å². The molecule has 0 aliphatic heterocycles. The van der Waals surface area contributed by atoms with Gasteiger partial charge in [0.25, 0.3) is 0 Å². The van der Waals surface area contributed by atoms with E-state index in [1.165, 1.54) is 14.1 Å². The Kier molecular flexibility index (Phi) is 32.4. The van der Waals surface area contributed by atoms with Crippen LogP contribution in [0.3, 0.4) is 0 Å². The van der Waals surface area contributed by atoms with Gasteiger partial charge >= 0.3 is 0 Å². The smallest absolute Gasteiger partial charge is 0.227 e. The van der Waals surface area contributed by atoms with E-state index in [4.69, 9.17) is 0 Å². The highest BCUT2D eigenvalue weighted by Crippen LogP contribution is 2.03. The first-order valence-electron chi connectivity index (χ1n) is 10.1. The number of hydrogen-bond acceptors (Lipinski definition) is 6. The molecule has 0 aromatic heterocycles. The molecule has 0 fully saturated rings. The van der Waals surface area contributed by atoms with Crippen LogP contribution in [0.2, 0.25) is 0 Å². The Bertz CT molecular complexity index is 686. The van der Waals surface area contributed by atoms with Gasteiger partial charge in [-0.05, 0) is 0 Å². The van der Waals surface area contributed by atoms with E-state index in [-0.39, 0.29) is 56.0 Å². The van der Waals surface area contributed by atoms with Gasteiger partial charge in [0.2, 0.25) is 11.8 Å². The molecule has 0 aliphatic rings. The molecule has 8 heteroatoms. The largest absolute Gasteiger partial charge is 0.359 e. The summed E-state index contributed by atoms with van der Waals surface area (Å²) in [6, 6.07) is 17.6. The lowest BCUT2D eigenvalue weighted by Crippen LogP contribution is -2.21. The zero-order chi connectivity index (χ0) is 23.4. The van der Waals surface area contributed by atoms with Crippen molar-refractivity contribution < 1.29 is 19.2 Å².